The Bertz CT molecular complexity index is 7510. The van der Waals surface area contributed by atoms with Crippen molar-refractivity contribution in [3.63, 3.8) is 0 Å². The summed E-state index contributed by atoms with van der Waals surface area (Å²) in [7, 11) is 0. The van der Waals surface area contributed by atoms with Crippen LogP contribution in [-0.4, -0.2) is 18.3 Å². The van der Waals surface area contributed by atoms with E-state index >= 15 is 0 Å². The largest absolute Gasteiger partial charge is 0.309 e. The molecule has 0 aliphatic carbocycles. The molecule has 0 radical (unpaired) electrons. The van der Waals surface area contributed by atoms with E-state index in [0.29, 0.717) is 0 Å². The minimum atomic E-state index is 1.13. The van der Waals surface area contributed by atoms with E-state index in [2.05, 4.69) is 467 Å². The van der Waals surface area contributed by atoms with Gasteiger partial charge in [0, 0.05) is 65.8 Å². The minimum absolute atomic E-state index is 1.13. The van der Waals surface area contributed by atoms with Crippen molar-refractivity contribution in [2.45, 2.75) is 0 Å². The second-order valence-corrected chi connectivity index (χ2v) is 30.3. The molecule has 0 amide bonds. The zero-order valence-corrected chi connectivity index (χ0v) is 63.5. The van der Waals surface area contributed by atoms with E-state index in [1.54, 1.807) is 0 Å². The van der Waals surface area contributed by atoms with Gasteiger partial charge in [-0.25, -0.2) is 0 Å². The van der Waals surface area contributed by atoms with Gasteiger partial charge in [0.05, 0.1) is 44.1 Å². The Kier molecular flexibility index (Phi) is 16.6. The van der Waals surface area contributed by atoms with E-state index in [1.165, 1.54) is 193 Å². The maximum Gasteiger partial charge on any atom is 0.0641 e. The number of rotatable bonds is 12. The van der Waals surface area contributed by atoms with E-state index in [1.807, 2.05) is 0 Å². The number of fused-ring (bicyclic) bond motifs is 15. The van der Waals surface area contributed by atoms with Crippen LogP contribution in [0.15, 0.2) is 449 Å². The first kappa shape index (κ1) is 67.5. The van der Waals surface area contributed by atoms with E-state index in [-0.39, 0.29) is 0 Å². The zero-order chi connectivity index (χ0) is 76.6. The Hall–Kier alpha value is -15.4. The van der Waals surface area contributed by atoms with Crippen LogP contribution in [0.2, 0.25) is 0 Å². The van der Waals surface area contributed by atoms with Crippen LogP contribution in [0.5, 0.6) is 0 Å². The van der Waals surface area contributed by atoms with Crippen molar-refractivity contribution < 1.29 is 0 Å². The summed E-state index contributed by atoms with van der Waals surface area (Å²) in [6.45, 7) is 0. The highest BCUT2D eigenvalue weighted by Gasteiger charge is 2.25. The van der Waals surface area contributed by atoms with E-state index in [4.69, 9.17) is 0 Å². The Morgan fingerprint density at radius 1 is 0.121 bits per heavy atom. The third-order valence-corrected chi connectivity index (χ3v) is 23.5. The van der Waals surface area contributed by atoms with Gasteiger partial charge in [0.1, 0.15) is 0 Å². The van der Waals surface area contributed by atoms with Crippen LogP contribution >= 0.6 is 0 Å². The van der Waals surface area contributed by atoms with Crippen LogP contribution in [0.4, 0.5) is 0 Å². The molecule has 4 heterocycles. The average Bonchev–Trinajstić information content (AvgIpc) is 1.55. The van der Waals surface area contributed by atoms with E-state index in [9.17, 15) is 0 Å². The van der Waals surface area contributed by atoms with Gasteiger partial charge in [-0.05, 0) is 227 Å². The van der Waals surface area contributed by atoms with E-state index < -0.39 is 0 Å². The normalized spacial score (nSPS) is 11.6. The monoisotopic (exact) mass is 1470 g/mol. The van der Waals surface area contributed by atoms with Crippen molar-refractivity contribution in [2.75, 3.05) is 0 Å². The fourth-order valence-electron chi connectivity index (χ4n) is 18.1. The second kappa shape index (κ2) is 28.4. The fraction of sp³-hybridized carbons (Fsp3) is 0. The van der Waals surface area contributed by atoms with Gasteiger partial charge in [-0.15, -0.1) is 0 Å². The van der Waals surface area contributed by atoms with Crippen molar-refractivity contribution in [2.24, 2.45) is 0 Å². The maximum absolute atomic E-state index is 2.51. The molecule has 4 heteroatoms. The first-order valence-electron chi connectivity index (χ1n) is 39.9. The molecule has 23 aromatic rings. The molecular formula is C112H74N4. The third kappa shape index (κ3) is 11.8. The Morgan fingerprint density at radius 3 is 0.724 bits per heavy atom. The predicted octanol–water partition coefficient (Wildman–Crippen LogP) is 30.3. The standard InChI is InChI=1S/C60H40N2.C52H34N2/c1-5-17-41(18-6-1)46-35-47(42-19-7-2-8-20-42)37-48(36-46)45-29-31-51(32-30-45)61-57-28-16-14-26-55(57)59-58(61)34-33-54-53-25-13-15-27-56(53)62(60(54)59)52-39-49(43-21-9-3-10-22-43)38-50(40-52)44-23-11-4-12-24-44;1-3-13-35(14-4-1)40-31-41(36-15-5-2-6-16-36)33-42(32-40)38-23-26-43(27-24-38)53-49-22-12-10-20-47(49)51-50(53)30-29-46-45-19-9-11-21-48(45)54(52(46)51)44-28-25-37-17-7-8-18-39(37)34-44/h1-40H;1-34H. The lowest BCUT2D eigenvalue weighted by Crippen LogP contribution is -1.97. The molecule has 0 aliphatic heterocycles. The summed E-state index contributed by atoms with van der Waals surface area (Å²) < 4.78 is 9.87. The van der Waals surface area contributed by atoms with Crippen LogP contribution < -0.4 is 0 Å². The molecule has 0 aliphatic rings. The molecule has 542 valence electrons. The molecule has 19 aromatic carbocycles. The van der Waals surface area contributed by atoms with Gasteiger partial charge in [-0.1, -0.05) is 322 Å². The molecule has 4 aromatic heterocycles. The minimum Gasteiger partial charge on any atom is -0.309 e. The topological polar surface area (TPSA) is 19.7 Å². The predicted molar refractivity (Wildman–Crippen MR) is 491 cm³/mol. The number of nitrogens with zero attached hydrogens (tertiary/aromatic N) is 4. The van der Waals surface area contributed by atoms with Crippen LogP contribution in [0.3, 0.4) is 0 Å². The second-order valence-electron chi connectivity index (χ2n) is 30.3. The van der Waals surface area contributed by atoms with Gasteiger partial charge in [-0.2, -0.15) is 0 Å². The lowest BCUT2D eigenvalue weighted by molar-refractivity contribution is 1.17. The number of para-hydroxylation sites is 4. The van der Waals surface area contributed by atoms with Crippen molar-refractivity contribution in [1.82, 2.24) is 18.3 Å². The van der Waals surface area contributed by atoms with E-state index in [0.717, 1.165) is 17.1 Å². The smallest absolute Gasteiger partial charge is 0.0641 e. The van der Waals surface area contributed by atoms with Crippen LogP contribution in [0.25, 0.3) is 210 Å². The molecule has 0 N–H and O–H groups in total. The summed E-state index contributed by atoms with van der Waals surface area (Å²) in [5.41, 5.74) is 33.4. The number of hydrogen-bond donors (Lipinski definition) is 0. The van der Waals surface area contributed by atoms with Gasteiger partial charge >= 0.3 is 0 Å². The molecule has 0 bridgehead atoms. The summed E-state index contributed by atoms with van der Waals surface area (Å²) in [5, 5.41) is 12.5. The SMILES string of the molecule is c1ccc(-c2cc(-c3ccccc3)cc(-c3ccc(-n4c5ccccc5c5c4ccc4c6ccccc6n(-c6cc(-c7ccccc7)cc(-c7ccccc7)c6)c45)cc3)c2)cc1.c1ccc(-c2cc(-c3ccccc3)cc(-c3ccc(-n4c5ccccc5c5c4ccc4c6ccccc6n(-c6ccc7ccccc7c6)c45)cc3)c2)cc1. The summed E-state index contributed by atoms with van der Waals surface area (Å²) in [4.78, 5) is 0. The fourth-order valence-corrected chi connectivity index (χ4v) is 18.1. The molecule has 0 spiro atoms. The van der Waals surface area contributed by atoms with Gasteiger partial charge in [0.25, 0.3) is 0 Å². The van der Waals surface area contributed by atoms with Crippen molar-refractivity contribution >= 4 is 98.0 Å². The maximum atomic E-state index is 2.51. The summed E-state index contributed by atoms with van der Waals surface area (Å²) >= 11 is 0. The highest BCUT2D eigenvalue weighted by molar-refractivity contribution is 6.28. The quantitative estimate of drug-likeness (QED) is 0.116. The lowest BCUT2D eigenvalue weighted by atomic mass is 9.93. The summed E-state index contributed by atoms with van der Waals surface area (Å²) in [6.07, 6.45) is 0. The first-order chi connectivity index (χ1) is 57.5. The van der Waals surface area contributed by atoms with Crippen LogP contribution in [0, 0.1) is 0 Å². The molecule has 0 atom stereocenters. The van der Waals surface area contributed by atoms with Gasteiger partial charge in [0.15, 0.2) is 0 Å². The number of aromatic nitrogens is 4. The third-order valence-electron chi connectivity index (χ3n) is 23.5. The van der Waals surface area contributed by atoms with Gasteiger partial charge in [-0.3, -0.25) is 0 Å². The molecule has 0 fully saturated rings. The first-order valence-corrected chi connectivity index (χ1v) is 39.9. The highest BCUT2D eigenvalue weighted by atomic mass is 15.0. The molecular weight excluding hydrogens is 1400 g/mol. The molecule has 0 saturated carbocycles. The molecule has 0 unspecified atom stereocenters. The number of benzene rings is 19. The Morgan fingerprint density at radius 2 is 0.379 bits per heavy atom. The summed E-state index contributed by atoms with van der Waals surface area (Å²) in [6, 6.07) is 164. The summed E-state index contributed by atoms with van der Waals surface area (Å²) in [5.74, 6) is 0. The van der Waals surface area contributed by atoms with Crippen LogP contribution in [-0.2, 0) is 0 Å². The van der Waals surface area contributed by atoms with Crippen molar-refractivity contribution in [3.05, 3.63) is 449 Å². The molecule has 4 nitrogen and oxygen atoms in total. The lowest BCUT2D eigenvalue weighted by Gasteiger charge is -2.15. The van der Waals surface area contributed by atoms with Crippen LogP contribution in [0.1, 0.15) is 0 Å². The highest BCUT2D eigenvalue weighted by Crippen LogP contribution is 2.47. The molecule has 116 heavy (non-hydrogen) atoms. The van der Waals surface area contributed by atoms with Crippen molar-refractivity contribution in [1.29, 1.82) is 0 Å². The molecule has 23 rings (SSSR count). The molecule has 0 saturated heterocycles. The number of hydrogen-bond acceptors (Lipinski definition) is 0. The Balaban J connectivity index is 0.000000142. The van der Waals surface area contributed by atoms with Crippen molar-refractivity contribution in [3.8, 4) is 112 Å². The van der Waals surface area contributed by atoms with Gasteiger partial charge < -0.3 is 18.3 Å². The zero-order valence-electron chi connectivity index (χ0n) is 63.5. The average molecular weight is 1480 g/mol. The van der Waals surface area contributed by atoms with Gasteiger partial charge in [0.2, 0.25) is 0 Å². The Labute approximate surface area is 672 Å².